The van der Waals surface area contributed by atoms with Gasteiger partial charge in [0.15, 0.2) is 6.29 Å². The molecule has 5 nitrogen and oxygen atoms in total. The van der Waals surface area contributed by atoms with Crippen LogP contribution in [0.15, 0.2) is 29.4 Å². The van der Waals surface area contributed by atoms with Gasteiger partial charge in [-0.25, -0.2) is 0 Å². The predicted octanol–water partition coefficient (Wildman–Crippen LogP) is 1.70. The number of aldehydes is 1. The van der Waals surface area contributed by atoms with E-state index in [4.69, 9.17) is 0 Å². The normalized spacial score (nSPS) is 11.1. The molecule has 0 bridgehead atoms. The molecule has 2 rings (SSSR count). The molecular formula is C15H18N4O. The maximum absolute atomic E-state index is 11.1. The number of aromatic nitrogens is 2. The van der Waals surface area contributed by atoms with Crippen LogP contribution >= 0.6 is 0 Å². The number of carbonyl (C=O) groups is 1. The first-order valence-electron chi connectivity index (χ1n) is 6.48. The summed E-state index contributed by atoms with van der Waals surface area (Å²) >= 11 is 0. The van der Waals surface area contributed by atoms with Crippen molar-refractivity contribution in [2.45, 2.75) is 6.42 Å². The number of hydrogen-bond acceptors (Lipinski definition) is 4. The molecule has 0 saturated carbocycles. The monoisotopic (exact) mass is 270 g/mol. The summed E-state index contributed by atoms with van der Waals surface area (Å²) in [5, 5.41) is 3.08. The summed E-state index contributed by atoms with van der Waals surface area (Å²) < 4.78 is 0. The molecule has 2 heterocycles. The van der Waals surface area contributed by atoms with Crippen molar-refractivity contribution in [1.29, 1.82) is 0 Å². The molecule has 20 heavy (non-hydrogen) atoms. The third-order valence-corrected chi connectivity index (χ3v) is 3.04. The highest BCUT2D eigenvalue weighted by Crippen LogP contribution is 2.21. The van der Waals surface area contributed by atoms with Crippen LogP contribution in [0.3, 0.4) is 0 Å². The Morgan fingerprint density at radius 3 is 3.00 bits per heavy atom. The van der Waals surface area contributed by atoms with E-state index in [1.807, 2.05) is 25.2 Å². The topological polar surface area (TPSA) is 70.1 Å². The maximum Gasteiger partial charge on any atom is 0.151 e. The van der Waals surface area contributed by atoms with Crippen molar-refractivity contribution in [1.82, 2.24) is 15.3 Å². The zero-order valence-corrected chi connectivity index (χ0v) is 11.7. The van der Waals surface area contributed by atoms with Crippen molar-refractivity contribution in [3.05, 3.63) is 41.3 Å². The SMILES string of the molecule is CN=Cc1cc(-c2cc(C=O)c(CCNC)[nH]2)ccn1. The Kier molecular flexibility index (Phi) is 4.79. The van der Waals surface area contributed by atoms with Crippen molar-refractivity contribution in [3.63, 3.8) is 0 Å². The van der Waals surface area contributed by atoms with E-state index in [1.54, 1.807) is 19.5 Å². The van der Waals surface area contributed by atoms with Crippen LogP contribution in [-0.2, 0) is 6.42 Å². The molecule has 0 amide bonds. The molecule has 104 valence electrons. The molecule has 5 heteroatoms. The van der Waals surface area contributed by atoms with Gasteiger partial charge in [-0.2, -0.15) is 0 Å². The average molecular weight is 270 g/mol. The molecule has 0 fully saturated rings. The van der Waals surface area contributed by atoms with Gasteiger partial charge in [-0.3, -0.25) is 14.8 Å². The summed E-state index contributed by atoms with van der Waals surface area (Å²) in [4.78, 5) is 22.6. The molecular weight excluding hydrogens is 252 g/mol. The number of carbonyl (C=O) groups excluding carboxylic acids is 1. The van der Waals surface area contributed by atoms with E-state index >= 15 is 0 Å². The van der Waals surface area contributed by atoms with Gasteiger partial charge in [-0.15, -0.1) is 0 Å². The van der Waals surface area contributed by atoms with Crippen LogP contribution in [0.2, 0.25) is 0 Å². The van der Waals surface area contributed by atoms with Crippen molar-refractivity contribution in [2.75, 3.05) is 20.6 Å². The lowest BCUT2D eigenvalue weighted by molar-refractivity contribution is 0.112. The molecule has 2 N–H and O–H groups in total. The van der Waals surface area contributed by atoms with Gasteiger partial charge < -0.3 is 10.3 Å². The number of pyridine rings is 1. The second kappa shape index (κ2) is 6.77. The number of aromatic amines is 1. The Labute approximate surface area is 118 Å². The Hall–Kier alpha value is -2.27. The second-order valence-electron chi connectivity index (χ2n) is 4.44. The van der Waals surface area contributed by atoms with Crippen LogP contribution in [0.1, 0.15) is 21.7 Å². The third kappa shape index (κ3) is 3.19. The molecule has 0 atom stereocenters. The summed E-state index contributed by atoms with van der Waals surface area (Å²) in [5.74, 6) is 0. The van der Waals surface area contributed by atoms with E-state index in [1.165, 1.54) is 0 Å². The first-order valence-corrected chi connectivity index (χ1v) is 6.48. The van der Waals surface area contributed by atoms with Gasteiger partial charge >= 0.3 is 0 Å². The van der Waals surface area contributed by atoms with Gasteiger partial charge in [-0.05, 0) is 25.2 Å². The van der Waals surface area contributed by atoms with E-state index in [9.17, 15) is 4.79 Å². The zero-order valence-electron chi connectivity index (χ0n) is 11.7. The fourth-order valence-corrected chi connectivity index (χ4v) is 2.05. The van der Waals surface area contributed by atoms with Gasteiger partial charge in [0.1, 0.15) is 0 Å². The number of aliphatic imine (C=N–C) groups is 1. The highest BCUT2D eigenvalue weighted by Gasteiger charge is 2.09. The van der Waals surface area contributed by atoms with Gasteiger partial charge in [-0.1, -0.05) is 0 Å². The van der Waals surface area contributed by atoms with Crippen LogP contribution in [0.4, 0.5) is 0 Å². The Morgan fingerprint density at radius 2 is 2.30 bits per heavy atom. The standard InChI is InChI=1S/C15H18N4O/c1-16-5-4-14-12(10-20)8-15(19-14)11-3-6-18-13(7-11)9-17-2/h3,6-10,16,19H,4-5H2,1-2H3. The Morgan fingerprint density at radius 1 is 1.45 bits per heavy atom. The summed E-state index contributed by atoms with van der Waals surface area (Å²) in [7, 11) is 3.60. The fraction of sp³-hybridized carbons (Fsp3) is 0.267. The lowest BCUT2D eigenvalue weighted by atomic mass is 10.1. The summed E-state index contributed by atoms with van der Waals surface area (Å²) in [5.41, 5.74) is 4.37. The first kappa shape index (κ1) is 14.1. The predicted molar refractivity (Wildman–Crippen MR) is 80.6 cm³/mol. The molecule has 0 radical (unpaired) electrons. The van der Waals surface area contributed by atoms with E-state index in [0.29, 0.717) is 5.56 Å². The summed E-state index contributed by atoms with van der Waals surface area (Å²) in [6.45, 7) is 0.824. The van der Waals surface area contributed by atoms with E-state index in [0.717, 1.165) is 41.9 Å². The number of likely N-dealkylation sites (N-methyl/N-ethyl adjacent to an activating group) is 1. The first-order chi connectivity index (χ1) is 9.78. The molecule has 0 saturated heterocycles. The van der Waals surface area contributed by atoms with Crippen LogP contribution in [-0.4, -0.2) is 43.1 Å². The quantitative estimate of drug-likeness (QED) is 0.620. The molecule has 0 unspecified atom stereocenters. The van der Waals surface area contributed by atoms with Crippen molar-refractivity contribution >= 4 is 12.5 Å². The number of nitrogens with one attached hydrogen (secondary N) is 2. The molecule has 0 aliphatic carbocycles. The van der Waals surface area contributed by atoms with Crippen LogP contribution in [0.25, 0.3) is 11.3 Å². The smallest absolute Gasteiger partial charge is 0.151 e. The van der Waals surface area contributed by atoms with Crippen LogP contribution in [0, 0.1) is 0 Å². The molecule has 2 aromatic heterocycles. The highest BCUT2D eigenvalue weighted by molar-refractivity contribution is 5.82. The number of hydrogen-bond donors (Lipinski definition) is 2. The lowest BCUT2D eigenvalue weighted by Crippen LogP contribution is -2.11. The minimum Gasteiger partial charge on any atom is -0.358 e. The van der Waals surface area contributed by atoms with E-state index in [2.05, 4.69) is 20.3 Å². The maximum atomic E-state index is 11.1. The zero-order chi connectivity index (χ0) is 14.4. The third-order valence-electron chi connectivity index (χ3n) is 3.04. The molecule has 0 aliphatic rings. The number of H-pyrrole nitrogens is 1. The average Bonchev–Trinajstić information content (AvgIpc) is 2.89. The van der Waals surface area contributed by atoms with Gasteiger partial charge in [0, 0.05) is 54.9 Å². The van der Waals surface area contributed by atoms with Gasteiger partial charge in [0.25, 0.3) is 0 Å². The van der Waals surface area contributed by atoms with Gasteiger partial charge in [0.2, 0.25) is 0 Å². The molecule has 0 aromatic carbocycles. The minimum atomic E-state index is 0.706. The van der Waals surface area contributed by atoms with Crippen LogP contribution in [0.5, 0.6) is 0 Å². The van der Waals surface area contributed by atoms with Crippen molar-refractivity contribution in [3.8, 4) is 11.3 Å². The van der Waals surface area contributed by atoms with Crippen molar-refractivity contribution < 1.29 is 4.79 Å². The Bertz CT molecular complexity index is 616. The highest BCUT2D eigenvalue weighted by atomic mass is 16.1. The number of nitrogens with zero attached hydrogens (tertiary/aromatic N) is 2. The van der Waals surface area contributed by atoms with E-state index in [-0.39, 0.29) is 0 Å². The number of rotatable bonds is 6. The summed E-state index contributed by atoms with van der Waals surface area (Å²) in [6, 6.07) is 5.73. The second-order valence-corrected chi connectivity index (χ2v) is 4.44. The van der Waals surface area contributed by atoms with E-state index < -0.39 is 0 Å². The van der Waals surface area contributed by atoms with Crippen molar-refractivity contribution in [2.24, 2.45) is 4.99 Å². The van der Waals surface area contributed by atoms with Gasteiger partial charge in [0.05, 0.1) is 5.69 Å². The Balaban J connectivity index is 2.34. The largest absolute Gasteiger partial charge is 0.358 e. The lowest BCUT2D eigenvalue weighted by Gasteiger charge is -2.00. The minimum absolute atomic E-state index is 0.706. The fourth-order valence-electron chi connectivity index (χ4n) is 2.05. The molecule has 0 spiro atoms. The molecule has 0 aliphatic heterocycles. The van der Waals surface area contributed by atoms with Crippen LogP contribution < -0.4 is 5.32 Å². The molecule has 2 aromatic rings. The summed E-state index contributed by atoms with van der Waals surface area (Å²) in [6.07, 6.45) is 5.12.